The smallest absolute Gasteiger partial charge is 0.255 e. The first kappa shape index (κ1) is 24.2. The molecule has 0 unspecified atom stereocenters. The van der Waals surface area contributed by atoms with Crippen molar-refractivity contribution in [2.75, 3.05) is 65.6 Å². The van der Waals surface area contributed by atoms with E-state index in [0.717, 1.165) is 0 Å². The summed E-state index contributed by atoms with van der Waals surface area (Å²) < 4.78 is 32.6. The Morgan fingerprint density at radius 2 is 1.68 bits per heavy atom. The number of carbonyl (C=O) groups excluding carboxylic acids is 2. The van der Waals surface area contributed by atoms with Crippen LogP contribution in [0.25, 0.3) is 0 Å². The molecule has 31 heavy (non-hydrogen) atoms. The third-order valence-corrected chi connectivity index (χ3v) is 7.92. The number of nitrogens with one attached hydrogen (secondary N) is 1. The van der Waals surface area contributed by atoms with Crippen LogP contribution in [0.4, 0.5) is 0 Å². The highest BCUT2D eigenvalue weighted by molar-refractivity contribution is 7.89. The lowest BCUT2D eigenvalue weighted by Gasteiger charge is -2.34. The Morgan fingerprint density at radius 1 is 1.03 bits per heavy atom. The first-order chi connectivity index (χ1) is 14.7. The van der Waals surface area contributed by atoms with Gasteiger partial charge in [0.2, 0.25) is 15.9 Å². The average Bonchev–Trinajstić information content (AvgIpc) is 2.74. The third-order valence-electron chi connectivity index (χ3n) is 5.24. The molecule has 0 saturated carbocycles. The fraction of sp³-hybridized carbons (Fsp3) is 0.579. The van der Waals surface area contributed by atoms with E-state index in [1.807, 2.05) is 11.8 Å². The van der Waals surface area contributed by atoms with Crippen molar-refractivity contribution in [3.05, 3.63) is 27.7 Å². The zero-order valence-corrected chi connectivity index (χ0v) is 19.6. The van der Waals surface area contributed by atoms with Crippen molar-refractivity contribution in [1.29, 1.82) is 0 Å². The van der Waals surface area contributed by atoms with Crippen molar-refractivity contribution in [2.24, 2.45) is 0 Å². The molecule has 2 aliphatic rings. The van der Waals surface area contributed by atoms with Crippen LogP contribution >= 0.6 is 23.2 Å². The van der Waals surface area contributed by atoms with Crippen LogP contribution < -0.4 is 5.32 Å². The highest BCUT2D eigenvalue weighted by Crippen LogP contribution is 2.32. The first-order valence-electron chi connectivity index (χ1n) is 10.1. The van der Waals surface area contributed by atoms with Gasteiger partial charge in [0.1, 0.15) is 4.90 Å². The minimum Gasteiger partial charge on any atom is -0.379 e. The number of sulfonamides is 1. The van der Waals surface area contributed by atoms with Crippen LogP contribution in [-0.4, -0.2) is 99.9 Å². The Morgan fingerprint density at radius 3 is 2.29 bits per heavy atom. The van der Waals surface area contributed by atoms with Gasteiger partial charge in [-0.2, -0.15) is 4.31 Å². The second-order valence-electron chi connectivity index (χ2n) is 7.30. The number of hydrogen-bond acceptors (Lipinski definition) is 6. The number of halogens is 2. The standard InChI is InChI=1S/C19H26Cl2N4O5S/c1-2-22-18(26)13-23-3-5-24(6-4-23)19(27)14-11-17(16(21)12-15(14)20)31(28,29)25-7-9-30-10-8-25/h11-12H,2-10,13H2,1H3,(H,22,26). The zero-order valence-electron chi connectivity index (χ0n) is 17.3. The molecule has 0 bridgehead atoms. The van der Waals surface area contributed by atoms with Crippen LogP contribution in [-0.2, 0) is 19.6 Å². The summed E-state index contributed by atoms with van der Waals surface area (Å²) in [4.78, 5) is 28.3. The topological polar surface area (TPSA) is 99.3 Å². The van der Waals surface area contributed by atoms with Crippen LogP contribution in [0.3, 0.4) is 0 Å². The van der Waals surface area contributed by atoms with E-state index in [-0.39, 0.29) is 52.0 Å². The summed E-state index contributed by atoms with van der Waals surface area (Å²) in [5, 5.41) is 2.82. The van der Waals surface area contributed by atoms with Crippen molar-refractivity contribution in [1.82, 2.24) is 19.4 Å². The molecule has 2 saturated heterocycles. The zero-order chi connectivity index (χ0) is 22.6. The molecule has 0 radical (unpaired) electrons. The molecule has 2 aliphatic heterocycles. The van der Waals surface area contributed by atoms with Crippen LogP contribution in [0.2, 0.25) is 10.0 Å². The lowest BCUT2D eigenvalue weighted by atomic mass is 10.1. The molecule has 1 aromatic carbocycles. The molecule has 9 nitrogen and oxygen atoms in total. The van der Waals surface area contributed by atoms with Crippen LogP contribution in [0, 0.1) is 0 Å². The highest BCUT2D eigenvalue weighted by atomic mass is 35.5. The number of ether oxygens (including phenoxy) is 1. The molecular formula is C19H26Cl2N4O5S. The van der Waals surface area contributed by atoms with E-state index >= 15 is 0 Å². The van der Waals surface area contributed by atoms with Crippen LogP contribution in [0.1, 0.15) is 17.3 Å². The van der Waals surface area contributed by atoms with E-state index in [1.165, 1.54) is 16.4 Å². The number of carbonyl (C=O) groups is 2. The number of likely N-dealkylation sites (N-methyl/N-ethyl adjacent to an activating group) is 1. The first-order valence-corrected chi connectivity index (χ1v) is 12.3. The van der Waals surface area contributed by atoms with Crippen molar-refractivity contribution >= 4 is 45.0 Å². The van der Waals surface area contributed by atoms with Gasteiger partial charge in [-0.15, -0.1) is 0 Å². The fourth-order valence-electron chi connectivity index (χ4n) is 3.55. The number of rotatable bonds is 6. The van der Waals surface area contributed by atoms with Gasteiger partial charge in [0.15, 0.2) is 0 Å². The Bertz CT molecular complexity index is 929. The third kappa shape index (κ3) is 5.68. The van der Waals surface area contributed by atoms with E-state index in [2.05, 4.69) is 5.32 Å². The van der Waals surface area contributed by atoms with Gasteiger partial charge >= 0.3 is 0 Å². The van der Waals surface area contributed by atoms with E-state index in [4.69, 9.17) is 27.9 Å². The van der Waals surface area contributed by atoms with E-state index < -0.39 is 10.0 Å². The quantitative estimate of drug-likeness (QED) is 0.633. The summed E-state index contributed by atoms with van der Waals surface area (Å²) in [6, 6.07) is 2.56. The minimum atomic E-state index is -3.88. The Kier molecular flexibility index (Phi) is 8.17. The van der Waals surface area contributed by atoms with E-state index in [1.54, 1.807) is 4.90 Å². The molecular weight excluding hydrogens is 467 g/mol. The summed E-state index contributed by atoms with van der Waals surface area (Å²) in [5.74, 6) is -0.418. The van der Waals surface area contributed by atoms with Gasteiger partial charge in [0, 0.05) is 45.8 Å². The van der Waals surface area contributed by atoms with Crippen LogP contribution in [0.15, 0.2) is 17.0 Å². The molecule has 0 atom stereocenters. The minimum absolute atomic E-state index is 0.0280. The summed E-state index contributed by atoms with van der Waals surface area (Å²) >= 11 is 12.5. The molecule has 12 heteroatoms. The number of benzene rings is 1. The van der Waals surface area contributed by atoms with E-state index in [0.29, 0.717) is 45.9 Å². The summed E-state index contributed by atoms with van der Waals surface area (Å²) in [6.07, 6.45) is 0. The number of amides is 2. The molecule has 1 N–H and O–H groups in total. The number of hydrogen-bond donors (Lipinski definition) is 1. The predicted octanol–water partition coefficient (Wildman–Crippen LogP) is 0.908. The van der Waals surface area contributed by atoms with Gasteiger partial charge in [-0.3, -0.25) is 14.5 Å². The molecule has 172 valence electrons. The molecule has 2 fully saturated rings. The fourth-order valence-corrected chi connectivity index (χ4v) is 5.79. The monoisotopic (exact) mass is 492 g/mol. The predicted molar refractivity (Wildman–Crippen MR) is 117 cm³/mol. The molecule has 2 heterocycles. The van der Waals surface area contributed by atoms with Crippen molar-refractivity contribution < 1.29 is 22.7 Å². The van der Waals surface area contributed by atoms with E-state index in [9.17, 15) is 18.0 Å². The van der Waals surface area contributed by atoms with Gasteiger partial charge in [0.25, 0.3) is 5.91 Å². The number of piperazine rings is 1. The maximum atomic E-state index is 13.1. The van der Waals surface area contributed by atoms with Crippen molar-refractivity contribution in [3.8, 4) is 0 Å². The second-order valence-corrected chi connectivity index (χ2v) is 10.0. The Labute approximate surface area is 192 Å². The molecule has 3 rings (SSSR count). The van der Waals surface area contributed by atoms with Crippen molar-refractivity contribution in [2.45, 2.75) is 11.8 Å². The van der Waals surface area contributed by atoms with Gasteiger partial charge in [-0.1, -0.05) is 23.2 Å². The number of morpholine rings is 1. The number of nitrogens with zero attached hydrogens (tertiary/aromatic N) is 3. The Hall–Kier alpha value is -1.43. The highest BCUT2D eigenvalue weighted by Gasteiger charge is 2.31. The average molecular weight is 493 g/mol. The van der Waals surface area contributed by atoms with Crippen molar-refractivity contribution in [3.63, 3.8) is 0 Å². The van der Waals surface area contributed by atoms with Gasteiger partial charge in [-0.05, 0) is 19.1 Å². The molecule has 1 aromatic rings. The molecule has 0 aliphatic carbocycles. The van der Waals surface area contributed by atoms with Crippen LogP contribution in [0.5, 0.6) is 0 Å². The lowest BCUT2D eigenvalue weighted by molar-refractivity contribution is -0.122. The van der Waals surface area contributed by atoms with Gasteiger partial charge < -0.3 is 15.0 Å². The molecule has 0 aromatic heterocycles. The second kappa shape index (κ2) is 10.5. The largest absolute Gasteiger partial charge is 0.379 e. The maximum Gasteiger partial charge on any atom is 0.255 e. The summed E-state index contributed by atoms with van der Waals surface area (Å²) in [7, 11) is -3.88. The normalized spacial score (nSPS) is 18.7. The summed E-state index contributed by atoms with van der Waals surface area (Å²) in [5.41, 5.74) is 0.0927. The molecule has 0 spiro atoms. The SMILES string of the molecule is CCNC(=O)CN1CCN(C(=O)c2cc(S(=O)(=O)N3CCOCC3)c(Cl)cc2Cl)CC1. The summed E-state index contributed by atoms with van der Waals surface area (Å²) in [6.45, 7) is 5.63. The lowest BCUT2D eigenvalue weighted by Crippen LogP contribution is -2.51. The Balaban J connectivity index is 1.75. The van der Waals surface area contributed by atoms with Gasteiger partial charge in [-0.25, -0.2) is 8.42 Å². The van der Waals surface area contributed by atoms with Gasteiger partial charge in [0.05, 0.1) is 35.4 Å². The maximum absolute atomic E-state index is 13.1. The molecule has 2 amide bonds.